The van der Waals surface area contributed by atoms with Crippen molar-refractivity contribution in [2.24, 2.45) is 5.73 Å². The van der Waals surface area contributed by atoms with Crippen molar-refractivity contribution < 1.29 is 13.2 Å². The zero-order chi connectivity index (χ0) is 16.2. The molecule has 1 amide bonds. The summed E-state index contributed by atoms with van der Waals surface area (Å²) in [6, 6.07) is 9.46. The van der Waals surface area contributed by atoms with Crippen LogP contribution in [0, 0.1) is 0 Å². The highest BCUT2D eigenvalue weighted by atomic mass is 35.5. The number of sulfonamides is 1. The van der Waals surface area contributed by atoms with Gasteiger partial charge in [-0.25, -0.2) is 12.7 Å². The highest BCUT2D eigenvalue weighted by Crippen LogP contribution is 2.17. The first kappa shape index (κ1) is 19.9. The number of carbonyl (C=O) groups is 1. The van der Waals surface area contributed by atoms with E-state index in [0.717, 1.165) is 5.56 Å². The average molecular weight is 362 g/mol. The van der Waals surface area contributed by atoms with Gasteiger partial charge in [0, 0.05) is 25.7 Å². The van der Waals surface area contributed by atoms with Crippen LogP contribution in [-0.4, -0.2) is 50.6 Å². The predicted molar refractivity (Wildman–Crippen MR) is 93.1 cm³/mol. The SMILES string of the molecule is CS(=O)(=O)N1CCC(NC(=O)C(CN)c2ccccc2)CC1.Cl. The average Bonchev–Trinajstić information content (AvgIpc) is 2.48. The Labute approximate surface area is 143 Å². The molecule has 23 heavy (non-hydrogen) atoms. The van der Waals surface area contributed by atoms with Gasteiger partial charge in [0.2, 0.25) is 15.9 Å². The third-order valence-corrected chi connectivity index (χ3v) is 5.33. The van der Waals surface area contributed by atoms with E-state index in [2.05, 4.69) is 5.32 Å². The van der Waals surface area contributed by atoms with E-state index >= 15 is 0 Å². The molecule has 1 fully saturated rings. The molecule has 3 N–H and O–H groups in total. The van der Waals surface area contributed by atoms with Gasteiger partial charge in [-0.3, -0.25) is 4.79 Å². The van der Waals surface area contributed by atoms with Crippen LogP contribution in [0.5, 0.6) is 0 Å². The molecule has 8 heteroatoms. The Balaban J connectivity index is 0.00000264. The monoisotopic (exact) mass is 361 g/mol. The largest absolute Gasteiger partial charge is 0.353 e. The first-order valence-electron chi connectivity index (χ1n) is 7.42. The van der Waals surface area contributed by atoms with Crippen LogP contribution in [0.25, 0.3) is 0 Å². The first-order chi connectivity index (χ1) is 10.4. The molecule has 0 saturated carbocycles. The fourth-order valence-electron chi connectivity index (χ4n) is 2.71. The van der Waals surface area contributed by atoms with Crippen LogP contribution in [0.1, 0.15) is 24.3 Å². The lowest BCUT2D eigenvalue weighted by Crippen LogP contribution is -2.47. The summed E-state index contributed by atoms with van der Waals surface area (Å²) in [5.74, 6) is -0.458. The lowest BCUT2D eigenvalue weighted by atomic mass is 9.97. The van der Waals surface area contributed by atoms with Crippen molar-refractivity contribution in [3.63, 3.8) is 0 Å². The van der Waals surface area contributed by atoms with Crippen molar-refractivity contribution >= 4 is 28.3 Å². The smallest absolute Gasteiger partial charge is 0.229 e. The third kappa shape index (κ3) is 5.46. The Kier molecular flexibility index (Phi) is 7.47. The van der Waals surface area contributed by atoms with E-state index in [1.807, 2.05) is 30.3 Å². The second kappa shape index (κ2) is 8.63. The number of nitrogens with two attached hydrogens (primary N) is 1. The molecule has 0 spiro atoms. The molecular formula is C15H24ClN3O3S. The molecule has 2 rings (SSSR count). The van der Waals surface area contributed by atoms with E-state index < -0.39 is 10.0 Å². The van der Waals surface area contributed by atoms with Gasteiger partial charge in [0.1, 0.15) is 0 Å². The maximum absolute atomic E-state index is 12.4. The van der Waals surface area contributed by atoms with E-state index in [1.54, 1.807) is 0 Å². The molecule has 1 saturated heterocycles. The van der Waals surface area contributed by atoms with Gasteiger partial charge < -0.3 is 11.1 Å². The summed E-state index contributed by atoms with van der Waals surface area (Å²) in [7, 11) is -3.14. The molecule has 1 unspecified atom stereocenters. The van der Waals surface area contributed by atoms with Crippen molar-refractivity contribution in [1.29, 1.82) is 0 Å². The van der Waals surface area contributed by atoms with Crippen LogP contribution in [0.3, 0.4) is 0 Å². The first-order valence-corrected chi connectivity index (χ1v) is 9.27. The van der Waals surface area contributed by atoms with Crippen LogP contribution >= 0.6 is 12.4 Å². The summed E-state index contributed by atoms with van der Waals surface area (Å²) in [4.78, 5) is 12.4. The predicted octanol–water partition coefficient (Wildman–Crippen LogP) is 0.691. The fourth-order valence-corrected chi connectivity index (χ4v) is 3.59. The molecule has 1 aliphatic heterocycles. The number of nitrogens with one attached hydrogen (secondary N) is 1. The van der Waals surface area contributed by atoms with E-state index in [4.69, 9.17) is 5.73 Å². The van der Waals surface area contributed by atoms with Crippen molar-refractivity contribution in [1.82, 2.24) is 9.62 Å². The lowest BCUT2D eigenvalue weighted by molar-refractivity contribution is -0.123. The molecule has 1 atom stereocenters. The summed E-state index contributed by atoms with van der Waals surface area (Å²) in [5, 5.41) is 3.00. The van der Waals surface area contributed by atoms with Crippen molar-refractivity contribution in [3.8, 4) is 0 Å². The number of benzene rings is 1. The summed E-state index contributed by atoms with van der Waals surface area (Å²) >= 11 is 0. The zero-order valence-electron chi connectivity index (χ0n) is 13.1. The van der Waals surface area contributed by atoms with E-state index in [0.29, 0.717) is 25.9 Å². The van der Waals surface area contributed by atoms with Gasteiger partial charge in [-0.05, 0) is 18.4 Å². The standard InChI is InChI=1S/C15H23N3O3S.ClH/c1-22(20,21)18-9-7-13(8-10-18)17-15(19)14(11-16)12-5-3-2-4-6-12;/h2-6,13-14H,7-11,16H2,1H3,(H,17,19);1H. The van der Waals surface area contributed by atoms with E-state index in [1.165, 1.54) is 10.6 Å². The third-order valence-electron chi connectivity index (χ3n) is 4.02. The molecule has 1 aromatic carbocycles. The molecule has 1 heterocycles. The van der Waals surface area contributed by atoms with Gasteiger partial charge in [0.25, 0.3) is 0 Å². The van der Waals surface area contributed by atoms with Crippen LogP contribution in [0.15, 0.2) is 30.3 Å². The number of hydrogen-bond acceptors (Lipinski definition) is 4. The number of carbonyl (C=O) groups excluding carboxylic acids is 1. The molecule has 0 bridgehead atoms. The van der Waals surface area contributed by atoms with Crippen molar-refractivity contribution in [2.45, 2.75) is 24.8 Å². The molecule has 0 radical (unpaired) electrons. The quantitative estimate of drug-likeness (QED) is 0.807. The Morgan fingerprint density at radius 2 is 1.87 bits per heavy atom. The molecule has 130 valence electrons. The Hall–Kier alpha value is -1.15. The van der Waals surface area contributed by atoms with Crippen LogP contribution in [0.2, 0.25) is 0 Å². The second-order valence-corrected chi connectivity index (χ2v) is 7.63. The fraction of sp³-hybridized carbons (Fsp3) is 0.533. The minimum atomic E-state index is -3.14. The van der Waals surface area contributed by atoms with Crippen LogP contribution < -0.4 is 11.1 Å². The summed E-state index contributed by atoms with van der Waals surface area (Å²) in [6.45, 7) is 1.14. The number of rotatable bonds is 5. The number of hydrogen-bond donors (Lipinski definition) is 2. The summed E-state index contributed by atoms with van der Waals surface area (Å²) in [5.41, 5.74) is 6.64. The highest BCUT2D eigenvalue weighted by molar-refractivity contribution is 7.88. The van der Waals surface area contributed by atoms with Gasteiger partial charge in [-0.15, -0.1) is 12.4 Å². The molecular weight excluding hydrogens is 338 g/mol. The van der Waals surface area contributed by atoms with E-state index in [-0.39, 0.29) is 36.8 Å². The Bertz CT molecular complexity index is 602. The normalized spacial score (nSPS) is 18.0. The van der Waals surface area contributed by atoms with Crippen molar-refractivity contribution in [3.05, 3.63) is 35.9 Å². The second-order valence-electron chi connectivity index (χ2n) is 5.64. The Morgan fingerprint density at radius 1 is 1.30 bits per heavy atom. The number of piperidine rings is 1. The lowest BCUT2D eigenvalue weighted by Gasteiger charge is -2.31. The van der Waals surface area contributed by atoms with E-state index in [9.17, 15) is 13.2 Å². The minimum absolute atomic E-state index is 0. The maximum Gasteiger partial charge on any atom is 0.229 e. The number of halogens is 1. The van der Waals surface area contributed by atoms with Gasteiger partial charge in [-0.1, -0.05) is 30.3 Å². The van der Waals surface area contributed by atoms with Crippen molar-refractivity contribution in [2.75, 3.05) is 25.9 Å². The minimum Gasteiger partial charge on any atom is -0.353 e. The molecule has 0 aliphatic carbocycles. The molecule has 6 nitrogen and oxygen atoms in total. The number of nitrogens with zero attached hydrogens (tertiary/aromatic N) is 1. The molecule has 0 aromatic heterocycles. The highest BCUT2D eigenvalue weighted by Gasteiger charge is 2.27. The Morgan fingerprint density at radius 3 is 2.35 bits per heavy atom. The number of amides is 1. The zero-order valence-corrected chi connectivity index (χ0v) is 14.8. The van der Waals surface area contributed by atoms with Gasteiger partial charge >= 0.3 is 0 Å². The summed E-state index contributed by atoms with van der Waals surface area (Å²) in [6.07, 6.45) is 2.47. The van der Waals surface area contributed by atoms with Gasteiger partial charge in [0.05, 0.1) is 12.2 Å². The van der Waals surface area contributed by atoms with Gasteiger partial charge in [-0.2, -0.15) is 0 Å². The topological polar surface area (TPSA) is 92.5 Å². The van der Waals surface area contributed by atoms with Crippen LogP contribution in [0.4, 0.5) is 0 Å². The maximum atomic E-state index is 12.4. The van der Waals surface area contributed by atoms with Crippen LogP contribution in [-0.2, 0) is 14.8 Å². The molecule has 1 aromatic rings. The molecule has 1 aliphatic rings. The summed E-state index contributed by atoms with van der Waals surface area (Å²) < 4.78 is 24.4. The van der Waals surface area contributed by atoms with Gasteiger partial charge in [0.15, 0.2) is 0 Å².